The number of rotatable bonds is 4. The summed E-state index contributed by atoms with van der Waals surface area (Å²) in [7, 11) is 0. The monoisotopic (exact) mass is 358 g/mol. The van der Waals surface area contributed by atoms with Crippen LogP contribution in [-0.2, 0) is 9.59 Å². The number of benzene rings is 1. The van der Waals surface area contributed by atoms with E-state index in [9.17, 15) is 14.4 Å². The van der Waals surface area contributed by atoms with Gasteiger partial charge in [-0.1, -0.05) is 36.3 Å². The molecule has 2 fully saturated rings. The fraction of sp³-hybridized carbons (Fsp3) is 0.412. The molecular formula is C17H18N4O3S. The van der Waals surface area contributed by atoms with E-state index in [-0.39, 0.29) is 30.8 Å². The molecule has 2 N–H and O–H groups in total. The minimum Gasteiger partial charge on any atom is -0.323 e. The molecule has 7 nitrogen and oxygen atoms in total. The highest BCUT2D eigenvalue weighted by Crippen LogP contribution is 2.35. The molecule has 0 radical (unpaired) electrons. The van der Waals surface area contributed by atoms with Crippen molar-refractivity contribution in [3.05, 3.63) is 24.3 Å². The second kappa shape index (κ2) is 6.11. The second-order valence-corrected chi connectivity index (χ2v) is 7.49. The van der Waals surface area contributed by atoms with Crippen LogP contribution in [0.3, 0.4) is 0 Å². The van der Waals surface area contributed by atoms with Crippen molar-refractivity contribution in [1.29, 1.82) is 0 Å². The molecule has 1 aromatic heterocycles. The summed E-state index contributed by atoms with van der Waals surface area (Å²) in [5.74, 6) is -0.449. The molecule has 1 aliphatic heterocycles. The quantitative estimate of drug-likeness (QED) is 0.822. The van der Waals surface area contributed by atoms with Crippen LogP contribution in [0.2, 0.25) is 0 Å². The zero-order valence-electron chi connectivity index (χ0n) is 13.6. The predicted octanol–water partition coefficient (Wildman–Crippen LogP) is 2.49. The van der Waals surface area contributed by atoms with Crippen molar-refractivity contribution in [2.75, 3.05) is 11.9 Å². The van der Waals surface area contributed by atoms with Crippen molar-refractivity contribution in [2.24, 2.45) is 0 Å². The lowest BCUT2D eigenvalue weighted by atomic mass is 9.98. The Morgan fingerprint density at radius 2 is 2.04 bits per heavy atom. The average molecular weight is 358 g/mol. The summed E-state index contributed by atoms with van der Waals surface area (Å²) in [6.07, 6.45) is 3.32. The summed E-state index contributed by atoms with van der Waals surface area (Å²) in [4.78, 5) is 42.3. The van der Waals surface area contributed by atoms with Gasteiger partial charge in [-0.3, -0.25) is 14.5 Å². The topological polar surface area (TPSA) is 91.4 Å². The molecule has 2 heterocycles. The first-order valence-corrected chi connectivity index (χ1v) is 9.19. The molecule has 4 rings (SSSR count). The van der Waals surface area contributed by atoms with Gasteiger partial charge in [0.15, 0.2) is 5.13 Å². The highest BCUT2D eigenvalue weighted by Gasteiger charge is 2.52. The number of anilines is 1. The maximum absolute atomic E-state index is 12.5. The summed E-state index contributed by atoms with van der Waals surface area (Å²) in [6.45, 7) is 0.0865. The molecule has 4 amide bonds. The van der Waals surface area contributed by atoms with Gasteiger partial charge in [-0.15, -0.1) is 0 Å². The molecule has 0 atom stereocenters. The van der Waals surface area contributed by atoms with Gasteiger partial charge in [0.2, 0.25) is 5.91 Å². The van der Waals surface area contributed by atoms with E-state index in [0.717, 1.165) is 23.1 Å². The molecule has 1 aromatic carbocycles. The Labute approximate surface area is 148 Å². The first-order chi connectivity index (χ1) is 12.1. The Morgan fingerprint density at radius 3 is 2.80 bits per heavy atom. The Bertz CT molecular complexity index is 823. The predicted molar refractivity (Wildman–Crippen MR) is 94.3 cm³/mol. The summed E-state index contributed by atoms with van der Waals surface area (Å²) in [6, 6.07) is 7.25. The van der Waals surface area contributed by atoms with Gasteiger partial charge >= 0.3 is 6.03 Å². The SMILES string of the molecule is O=C(CCN1C(=O)NC2(CCCC2)C1=O)Nc1nc2ccccc2s1. The molecule has 0 bridgehead atoms. The van der Waals surface area contributed by atoms with Crippen LogP contribution in [0.15, 0.2) is 24.3 Å². The van der Waals surface area contributed by atoms with Gasteiger partial charge in [-0.05, 0) is 25.0 Å². The third kappa shape index (κ3) is 2.86. The number of amides is 4. The Kier molecular flexibility index (Phi) is 3.91. The fourth-order valence-electron chi connectivity index (χ4n) is 3.52. The lowest BCUT2D eigenvalue weighted by Crippen LogP contribution is -2.44. The van der Waals surface area contributed by atoms with Crippen molar-refractivity contribution < 1.29 is 14.4 Å². The van der Waals surface area contributed by atoms with E-state index in [0.29, 0.717) is 18.0 Å². The fourth-order valence-corrected chi connectivity index (χ4v) is 4.40. The number of aromatic nitrogens is 1. The van der Waals surface area contributed by atoms with Crippen LogP contribution in [0.1, 0.15) is 32.1 Å². The van der Waals surface area contributed by atoms with E-state index in [4.69, 9.17) is 0 Å². The second-order valence-electron chi connectivity index (χ2n) is 6.46. The molecule has 130 valence electrons. The number of urea groups is 1. The number of nitrogens with zero attached hydrogens (tertiary/aromatic N) is 2. The number of thiazole rings is 1. The largest absolute Gasteiger partial charge is 0.325 e. The van der Waals surface area contributed by atoms with Crippen LogP contribution in [0, 0.1) is 0 Å². The van der Waals surface area contributed by atoms with Crippen LogP contribution in [0.5, 0.6) is 0 Å². The van der Waals surface area contributed by atoms with Crippen molar-refractivity contribution >= 4 is 44.5 Å². The lowest BCUT2D eigenvalue weighted by Gasteiger charge is -2.19. The van der Waals surface area contributed by atoms with E-state index in [1.165, 1.54) is 16.2 Å². The molecule has 2 aromatic rings. The Hall–Kier alpha value is -2.48. The van der Waals surface area contributed by atoms with Gasteiger partial charge in [0.25, 0.3) is 5.91 Å². The Morgan fingerprint density at radius 1 is 1.28 bits per heavy atom. The van der Waals surface area contributed by atoms with Crippen molar-refractivity contribution in [3.63, 3.8) is 0 Å². The van der Waals surface area contributed by atoms with Gasteiger partial charge in [0.1, 0.15) is 5.54 Å². The molecule has 8 heteroatoms. The van der Waals surface area contributed by atoms with Gasteiger partial charge in [-0.25, -0.2) is 9.78 Å². The first kappa shape index (κ1) is 16.0. The third-order valence-electron chi connectivity index (χ3n) is 4.81. The van der Waals surface area contributed by atoms with Crippen molar-refractivity contribution in [3.8, 4) is 0 Å². The summed E-state index contributed by atoms with van der Waals surface area (Å²) in [5, 5.41) is 6.08. The van der Waals surface area contributed by atoms with E-state index < -0.39 is 5.54 Å². The van der Waals surface area contributed by atoms with Crippen LogP contribution in [0.4, 0.5) is 9.93 Å². The third-order valence-corrected chi connectivity index (χ3v) is 5.76. The molecule has 25 heavy (non-hydrogen) atoms. The Balaban J connectivity index is 1.37. The van der Waals surface area contributed by atoms with E-state index in [1.54, 1.807) is 0 Å². The normalized spacial score (nSPS) is 19.0. The van der Waals surface area contributed by atoms with Gasteiger partial charge in [-0.2, -0.15) is 0 Å². The molecule has 1 aliphatic carbocycles. The number of nitrogens with one attached hydrogen (secondary N) is 2. The van der Waals surface area contributed by atoms with Crippen molar-refractivity contribution in [1.82, 2.24) is 15.2 Å². The summed E-state index contributed by atoms with van der Waals surface area (Å²) >= 11 is 1.40. The molecule has 0 unspecified atom stereocenters. The zero-order chi connectivity index (χ0) is 17.4. The summed E-state index contributed by atoms with van der Waals surface area (Å²) < 4.78 is 0.995. The number of para-hydroxylation sites is 1. The first-order valence-electron chi connectivity index (χ1n) is 8.37. The van der Waals surface area contributed by atoms with Gasteiger partial charge < -0.3 is 10.6 Å². The van der Waals surface area contributed by atoms with E-state index in [1.807, 2.05) is 24.3 Å². The van der Waals surface area contributed by atoms with Crippen LogP contribution >= 0.6 is 11.3 Å². The number of carbonyl (C=O) groups excluding carboxylic acids is 3. The molecule has 1 spiro atoms. The van der Waals surface area contributed by atoms with Gasteiger partial charge in [0.05, 0.1) is 10.2 Å². The maximum Gasteiger partial charge on any atom is 0.325 e. The molecule has 1 saturated carbocycles. The highest BCUT2D eigenvalue weighted by molar-refractivity contribution is 7.22. The maximum atomic E-state index is 12.5. The van der Waals surface area contributed by atoms with E-state index in [2.05, 4.69) is 15.6 Å². The van der Waals surface area contributed by atoms with Crippen molar-refractivity contribution in [2.45, 2.75) is 37.6 Å². The number of carbonyl (C=O) groups is 3. The molecule has 2 aliphatic rings. The number of imide groups is 1. The minimum atomic E-state index is -0.722. The van der Waals surface area contributed by atoms with Crippen LogP contribution in [-0.4, -0.2) is 39.8 Å². The number of fused-ring (bicyclic) bond motifs is 1. The number of hydrogen-bond donors (Lipinski definition) is 2. The smallest absolute Gasteiger partial charge is 0.323 e. The average Bonchev–Trinajstić information content (AvgIpc) is 3.26. The number of hydrogen-bond acceptors (Lipinski definition) is 5. The lowest BCUT2D eigenvalue weighted by molar-refractivity contribution is -0.131. The van der Waals surface area contributed by atoms with Crippen LogP contribution < -0.4 is 10.6 Å². The molecule has 1 saturated heterocycles. The van der Waals surface area contributed by atoms with Crippen LogP contribution in [0.25, 0.3) is 10.2 Å². The standard InChI is InChI=1S/C17H18N4O3S/c22-13(19-15-18-11-5-1-2-6-12(11)25-15)7-10-21-14(23)17(20-16(21)24)8-3-4-9-17/h1-2,5-6H,3-4,7-10H2,(H,20,24)(H,18,19,22). The summed E-state index contributed by atoms with van der Waals surface area (Å²) in [5.41, 5.74) is 0.112. The van der Waals surface area contributed by atoms with E-state index >= 15 is 0 Å². The zero-order valence-corrected chi connectivity index (χ0v) is 14.4. The highest BCUT2D eigenvalue weighted by atomic mass is 32.1. The minimum absolute atomic E-state index is 0.0607. The molecular weight excluding hydrogens is 340 g/mol. The van der Waals surface area contributed by atoms with Gasteiger partial charge in [0, 0.05) is 13.0 Å².